The van der Waals surface area contributed by atoms with Crippen molar-refractivity contribution in [2.45, 2.75) is 38.8 Å². The van der Waals surface area contributed by atoms with E-state index >= 15 is 0 Å². The quantitative estimate of drug-likeness (QED) is 0.524. The Labute approximate surface area is 180 Å². The van der Waals surface area contributed by atoms with Gasteiger partial charge in [-0.1, -0.05) is 19.9 Å². The summed E-state index contributed by atoms with van der Waals surface area (Å²) in [5.74, 6) is 2.11. The molecule has 2 N–H and O–H groups in total. The number of hydrogen-bond donors (Lipinski definition) is 2. The lowest BCUT2D eigenvalue weighted by Crippen LogP contribution is -2.53. The Morgan fingerprint density at radius 3 is 2.72 bits per heavy atom. The van der Waals surface area contributed by atoms with Crippen LogP contribution in [0.3, 0.4) is 0 Å². The molecule has 0 aromatic carbocycles. The number of guanidine groups is 1. The van der Waals surface area contributed by atoms with Gasteiger partial charge >= 0.3 is 0 Å². The van der Waals surface area contributed by atoms with E-state index in [4.69, 9.17) is 4.74 Å². The number of aliphatic imine (C=N–C) groups is 1. The van der Waals surface area contributed by atoms with Crippen LogP contribution in [0, 0.1) is 11.8 Å². The SMILES string of the molecule is CN=C(NCC1CCCN(C)C1c1cccs1)NCC(C(C)C)N1CCOCC1. The molecule has 7 heteroatoms. The average molecular weight is 422 g/mol. The van der Waals surface area contributed by atoms with Crippen LogP contribution >= 0.6 is 11.3 Å². The minimum Gasteiger partial charge on any atom is -0.379 e. The molecule has 29 heavy (non-hydrogen) atoms. The maximum atomic E-state index is 5.53. The highest BCUT2D eigenvalue weighted by Gasteiger charge is 2.31. The van der Waals surface area contributed by atoms with Gasteiger partial charge in [0.25, 0.3) is 0 Å². The standard InChI is InChI=1S/C22H39N5OS/c1-17(2)19(27-10-12-28-13-11-27)16-25-22(23-3)24-15-18-7-5-9-26(4)21(18)20-8-6-14-29-20/h6,8,14,17-19,21H,5,7,9-13,15-16H2,1-4H3,(H2,23,24,25). The summed E-state index contributed by atoms with van der Waals surface area (Å²) in [5, 5.41) is 9.41. The van der Waals surface area contributed by atoms with Crippen LogP contribution in [0.2, 0.25) is 0 Å². The number of nitrogens with zero attached hydrogens (tertiary/aromatic N) is 3. The van der Waals surface area contributed by atoms with Crippen molar-refractivity contribution in [2.24, 2.45) is 16.8 Å². The Morgan fingerprint density at radius 1 is 1.28 bits per heavy atom. The van der Waals surface area contributed by atoms with Gasteiger partial charge in [-0.2, -0.15) is 0 Å². The van der Waals surface area contributed by atoms with E-state index in [2.05, 4.69) is 63.8 Å². The molecule has 0 saturated carbocycles. The minimum atomic E-state index is 0.497. The minimum absolute atomic E-state index is 0.497. The van der Waals surface area contributed by atoms with Crippen LogP contribution in [-0.2, 0) is 4.74 Å². The summed E-state index contributed by atoms with van der Waals surface area (Å²) in [4.78, 5) is 11.0. The predicted octanol–water partition coefficient (Wildman–Crippen LogP) is 2.65. The highest BCUT2D eigenvalue weighted by atomic mass is 32.1. The number of likely N-dealkylation sites (tertiary alicyclic amines) is 1. The Hall–Kier alpha value is -1.15. The van der Waals surface area contributed by atoms with Crippen LogP contribution < -0.4 is 10.6 Å². The molecule has 2 fully saturated rings. The van der Waals surface area contributed by atoms with E-state index in [0.29, 0.717) is 23.9 Å². The van der Waals surface area contributed by atoms with Crippen LogP contribution in [-0.4, -0.2) is 81.8 Å². The largest absolute Gasteiger partial charge is 0.379 e. The second-order valence-electron chi connectivity index (χ2n) is 8.64. The lowest BCUT2D eigenvalue weighted by atomic mass is 9.88. The molecule has 1 aromatic rings. The van der Waals surface area contributed by atoms with Crippen molar-refractivity contribution in [3.8, 4) is 0 Å². The summed E-state index contributed by atoms with van der Waals surface area (Å²) in [5.41, 5.74) is 0. The molecule has 164 valence electrons. The van der Waals surface area contributed by atoms with Crippen molar-refractivity contribution < 1.29 is 4.74 Å². The topological polar surface area (TPSA) is 52.1 Å². The van der Waals surface area contributed by atoms with Crippen molar-refractivity contribution in [3.63, 3.8) is 0 Å². The molecule has 1 aromatic heterocycles. The third-order valence-corrected chi connectivity index (χ3v) is 7.30. The van der Waals surface area contributed by atoms with Crippen LogP contribution in [0.5, 0.6) is 0 Å². The van der Waals surface area contributed by atoms with Crippen LogP contribution in [0.25, 0.3) is 0 Å². The van der Waals surface area contributed by atoms with Gasteiger partial charge in [0, 0.05) is 50.2 Å². The predicted molar refractivity (Wildman–Crippen MR) is 123 cm³/mol. The van der Waals surface area contributed by atoms with Gasteiger partial charge in [-0.15, -0.1) is 11.3 Å². The normalized spacial score (nSPS) is 25.9. The molecule has 2 aliphatic heterocycles. The first-order valence-corrected chi connectivity index (χ1v) is 12.0. The fourth-order valence-corrected chi connectivity index (χ4v) is 5.71. The highest BCUT2D eigenvalue weighted by Crippen LogP contribution is 2.36. The van der Waals surface area contributed by atoms with E-state index in [1.165, 1.54) is 24.3 Å². The van der Waals surface area contributed by atoms with E-state index in [9.17, 15) is 0 Å². The first-order valence-electron chi connectivity index (χ1n) is 11.1. The van der Waals surface area contributed by atoms with Gasteiger partial charge in [-0.25, -0.2) is 0 Å². The van der Waals surface area contributed by atoms with Gasteiger partial charge in [0.15, 0.2) is 5.96 Å². The van der Waals surface area contributed by atoms with Gasteiger partial charge in [-0.05, 0) is 49.7 Å². The summed E-state index contributed by atoms with van der Waals surface area (Å²) >= 11 is 1.88. The molecule has 0 amide bonds. The van der Waals surface area contributed by atoms with Crippen LogP contribution in [0.1, 0.15) is 37.6 Å². The number of nitrogens with one attached hydrogen (secondary N) is 2. The van der Waals surface area contributed by atoms with Crippen molar-refractivity contribution in [3.05, 3.63) is 22.4 Å². The van der Waals surface area contributed by atoms with Gasteiger partial charge in [0.1, 0.15) is 0 Å². The first-order chi connectivity index (χ1) is 14.1. The van der Waals surface area contributed by atoms with Crippen molar-refractivity contribution >= 4 is 17.3 Å². The zero-order valence-corrected chi connectivity index (χ0v) is 19.4. The van der Waals surface area contributed by atoms with Gasteiger partial charge in [0.2, 0.25) is 0 Å². The van der Waals surface area contributed by atoms with Gasteiger partial charge < -0.3 is 15.4 Å². The summed E-state index contributed by atoms with van der Waals surface area (Å²) in [7, 11) is 4.14. The molecule has 0 aliphatic carbocycles. The Kier molecular flexibility index (Phi) is 8.78. The summed E-state index contributed by atoms with van der Waals surface area (Å²) in [6, 6.07) is 5.46. The number of hydrogen-bond acceptors (Lipinski definition) is 5. The van der Waals surface area contributed by atoms with Crippen LogP contribution in [0.15, 0.2) is 22.5 Å². The fourth-order valence-electron chi connectivity index (χ4n) is 4.73. The molecule has 0 bridgehead atoms. The Balaban J connectivity index is 1.53. The Morgan fingerprint density at radius 2 is 2.07 bits per heavy atom. The number of rotatable bonds is 7. The second-order valence-corrected chi connectivity index (χ2v) is 9.62. The maximum absolute atomic E-state index is 5.53. The van der Waals surface area contributed by atoms with E-state index in [1.54, 1.807) is 0 Å². The van der Waals surface area contributed by atoms with Crippen molar-refractivity contribution in [1.82, 2.24) is 20.4 Å². The first kappa shape index (κ1) is 22.5. The van der Waals surface area contributed by atoms with Crippen molar-refractivity contribution in [2.75, 3.05) is 60.0 Å². The number of morpholine rings is 1. The summed E-state index contributed by atoms with van der Waals surface area (Å²) in [6.45, 7) is 11.4. The number of piperidine rings is 1. The second kappa shape index (κ2) is 11.3. The molecule has 3 atom stereocenters. The van der Waals surface area contributed by atoms with Gasteiger partial charge in [0.05, 0.1) is 13.2 Å². The molecule has 3 unspecified atom stereocenters. The molecule has 6 nitrogen and oxygen atoms in total. The maximum Gasteiger partial charge on any atom is 0.191 e. The molecule has 2 aliphatic rings. The molecule has 3 heterocycles. The van der Waals surface area contributed by atoms with Crippen LogP contribution in [0.4, 0.5) is 0 Å². The lowest BCUT2D eigenvalue weighted by molar-refractivity contribution is 0.00751. The molecule has 0 radical (unpaired) electrons. The number of thiophene rings is 1. The van der Waals surface area contributed by atoms with E-state index in [-0.39, 0.29) is 0 Å². The highest BCUT2D eigenvalue weighted by molar-refractivity contribution is 7.10. The summed E-state index contributed by atoms with van der Waals surface area (Å²) < 4.78 is 5.53. The van der Waals surface area contributed by atoms with Gasteiger partial charge in [-0.3, -0.25) is 14.8 Å². The molecule has 0 spiro atoms. The van der Waals surface area contributed by atoms with E-state index < -0.39 is 0 Å². The Bertz CT molecular complexity index is 615. The molecular formula is C22H39N5OS. The summed E-state index contributed by atoms with van der Waals surface area (Å²) in [6.07, 6.45) is 2.53. The zero-order chi connectivity index (χ0) is 20.6. The molecule has 3 rings (SSSR count). The fraction of sp³-hybridized carbons (Fsp3) is 0.773. The average Bonchev–Trinajstić information content (AvgIpc) is 3.25. The van der Waals surface area contributed by atoms with E-state index in [0.717, 1.165) is 45.4 Å². The molecular weight excluding hydrogens is 382 g/mol. The van der Waals surface area contributed by atoms with E-state index in [1.807, 2.05) is 18.4 Å². The zero-order valence-electron chi connectivity index (χ0n) is 18.6. The smallest absolute Gasteiger partial charge is 0.191 e. The third kappa shape index (κ3) is 6.17. The molecule has 2 saturated heterocycles. The monoisotopic (exact) mass is 421 g/mol. The lowest BCUT2D eigenvalue weighted by Gasteiger charge is -2.39. The third-order valence-electron chi connectivity index (χ3n) is 6.36. The van der Waals surface area contributed by atoms with Crippen molar-refractivity contribution in [1.29, 1.82) is 0 Å². The number of ether oxygens (including phenoxy) is 1.